The molecule has 0 radical (unpaired) electrons. The highest BCUT2D eigenvalue weighted by Gasteiger charge is 2.21. The summed E-state index contributed by atoms with van der Waals surface area (Å²) in [7, 11) is 0. The average molecular weight is 441 g/mol. The third-order valence-electron chi connectivity index (χ3n) is 5.56. The molecule has 8 nitrogen and oxygen atoms in total. The second kappa shape index (κ2) is 9.78. The number of benzene rings is 1. The van der Waals surface area contributed by atoms with Gasteiger partial charge in [-0.25, -0.2) is 4.98 Å². The van der Waals surface area contributed by atoms with Gasteiger partial charge in [-0.1, -0.05) is 41.9 Å². The van der Waals surface area contributed by atoms with Crippen molar-refractivity contribution in [3.63, 3.8) is 0 Å². The first-order valence-electron chi connectivity index (χ1n) is 10.4. The number of fused-ring (bicyclic) bond motifs is 1. The van der Waals surface area contributed by atoms with Crippen molar-refractivity contribution in [2.24, 2.45) is 5.92 Å². The molecule has 1 aliphatic carbocycles. The standard InChI is InChI=1S/C22H25ClN6O2/c23-19-13-26-21(24-9-8-15-4-2-1-3-5-15)22(31)29(19)14-20(30)25-11-16-6-7-18-17(10-16)12-27-28-18/h1-5,12-13,16H,6-11,14H2,(H,24,26)(H,25,30)(H,27,28). The fourth-order valence-electron chi connectivity index (χ4n) is 3.83. The minimum atomic E-state index is -0.406. The van der Waals surface area contributed by atoms with Gasteiger partial charge in [0.1, 0.15) is 11.7 Å². The lowest BCUT2D eigenvalue weighted by atomic mass is 9.88. The van der Waals surface area contributed by atoms with E-state index in [0.29, 0.717) is 19.0 Å². The summed E-state index contributed by atoms with van der Waals surface area (Å²) in [6, 6.07) is 9.97. The number of hydrogen-bond acceptors (Lipinski definition) is 5. The summed E-state index contributed by atoms with van der Waals surface area (Å²) < 4.78 is 1.24. The van der Waals surface area contributed by atoms with Crippen molar-refractivity contribution in [1.82, 2.24) is 25.1 Å². The van der Waals surface area contributed by atoms with E-state index in [-0.39, 0.29) is 23.4 Å². The Morgan fingerprint density at radius 3 is 2.94 bits per heavy atom. The lowest BCUT2D eigenvalue weighted by Gasteiger charge is -2.22. The Morgan fingerprint density at radius 2 is 2.10 bits per heavy atom. The molecule has 0 fully saturated rings. The molecule has 3 aromatic rings. The second-order valence-electron chi connectivity index (χ2n) is 7.77. The van der Waals surface area contributed by atoms with Crippen molar-refractivity contribution in [2.75, 3.05) is 18.4 Å². The maximum atomic E-state index is 12.7. The van der Waals surface area contributed by atoms with E-state index in [1.807, 2.05) is 36.5 Å². The zero-order chi connectivity index (χ0) is 21.6. The second-order valence-corrected chi connectivity index (χ2v) is 8.16. The molecular formula is C22H25ClN6O2. The minimum absolute atomic E-state index is 0.134. The van der Waals surface area contributed by atoms with E-state index in [1.165, 1.54) is 22.0 Å². The molecule has 1 atom stereocenters. The SMILES string of the molecule is O=C(Cn1c(Cl)cnc(NCCc2ccccc2)c1=O)NCC1CCc2[nH]ncc2C1. The van der Waals surface area contributed by atoms with Gasteiger partial charge in [-0.05, 0) is 42.7 Å². The van der Waals surface area contributed by atoms with Crippen LogP contribution in [0, 0.1) is 5.92 Å². The van der Waals surface area contributed by atoms with Gasteiger partial charge in [0.15, 0.2) is 5.82 Å². The van der Waals surface area contributed by atoms with Gasteiger partial charge >= 0.3 is 0 Å². The molecule has 162 valence electrons. The monoisotopic (exact) mass is 440 g/mol. The van der Waals surface area contributed by atoms with Gasteiger partial charge in [0, 0.05) is 18.8 Å². The maximum absolute atomic E-state index is 12.7. The Hall–Kier alpha value is -3.13. The summed E-state index contributed by atoms with van der Waals surface area (Å²) in [4.78, 5) is 29.3. The molecule has 1 aromatic carbocycles. The lowest BCUT2D eigenvalue weighted by molar-refractivity contribution is -0.121. The average Bonchev–Trinajstić information content (AvgIpc) is 3.25. The Bertz CT molecular complexity index is 1090. The number of amides is 1. The van der Waals surface area contributed by atoms with Crippen LogP contribution in [-0.2, 0) is 30.6 Å². The number of rotatable bonds is 8. The van der Waals surface area contributed by atoms with E-state index in [4.69, 9.17) is 11.6 Å². The summed E-state index contributed by atoms with van der Waals surface area (Å²) in [6.45, 7) is 0.970. The van der Waals surface area contributed by atoms with Gasteiger partial charge in [0.2, 0.25) is 5.91 Å². The molecular weight excluding hydrogens is 416 g/mol. The summed E-state index contributed by atoms with van der Waals surface area (Å²) >= 11 is 6.15. The molecule has 3 N–H and O–H groups in total. The van der Waals surface area contributed by atoms with Crippen LogP contribution in [0.4, 0.5) is 5.82 Å². The fraction of sp³-hybridized carbons (Fsp3) is 0.364. The molecule has 9 heteroatoms. The number of anilines is 1. The molecule has 2 aromatic heterocycles. The van der Waals surface area contributed by atoms with E-state index >= 15 is 0 Å². The smallest absolute Gasteiger partial charge is 0.294 e. The molecule has 0 saturated heterocycles. The van der Waals surface area contributed by atoms with E-state index < -0.39 is 5.56 Å². The van der Waals surface area contributed by atoms with Crippen LogP contribution >= 0.6 is 11.6 Å². The molecule has 0 bridgehead atoms. The lowest BCUT2D eigenvalue weighted by Crippen LogP contribution is -2.37. The molecule has 1 amide bonds. The number of nitrogens with zero attached hydrogens (tertiary/aromatic N) is 3. The number of hydrogen-bond donors (Lipinski definition) is 3. The number of carbonyl (C=O) groups is 1. The van der Waals surface area contributed by atoms with Crippen LogP contribution in [0.5, 0.6) is 0 Å². The topological polar surface area (TPSA) is 105 Å². The predicted molar refractivity (Wildman–Crippen MR) is 119 cm³/mol. The normalized spacial score (nSPS) is 15.3. The van der Waals surface area contributed by atoms with E-state index in [0.717, 1.165) is 31.2 Å². The van der Waals surface area contributed by atoms with Crippen LogP contribution in [0.2, 0.25) is 5.15 Å². The molecule has 1 aliphatic rings. The first-order chi connectivity index (χ1) is 15.1. The number of H-pyrrole nitrogens is 1. The van der Waals surface area contributed by atoms with Crippen LogP contribution in [0.25, 0.3) is 0 Å². The maximum Gasteiger partial charge on any atom is 0.294 e. The van der Waals surface area contributed by atoms with Crippen LogP contribution in [0.3, 0.4) is 0 Å². The van der Waals surface area contributed by atoms with Gasteiger partial charge in [-0.15, -0.1) is 0 Å². The van der Waals surface area contributed by atoms with E-state index in [2.05, 4.69) is 25.8 Å². The number of aromatic amines is 1. The van der Waals surface area contributed by atoms with Gasteiger partial charge in [-0.2, -0.15) is 5.10 Å². The Labute approximate surface area is 185 Å². The van der Waals surface area contributed by atoms with Crippen molar-refractivity contribution >= 4 is 23.3 Å². The zero-order valence-electron chi connectivity index (χ0n) is 17.1. The van der Waals surface area contributed by atoms with E-state index in [1.54, 1.807) is 0 Å². The van der Waals surface area contributed by atoms with Crippen LogP contribution in [0.1, 0.15) is 23.2 Å². The molecule has 0 saturated carbocycles. The molecule has 0 aliphatic heterocycles. The number of aryl methyl sites for hydroxylation is 1. The number of carbonyl (C=O) groups excluding carboxylic acids is 1. The predicted octanol–water partition coefficient (Wildman–Crippen LogP) is 2.20. The molecule has 0 spiro atoms. The Balaban J connectivity index is 1.31. The first-order valence-corrected chi connectivity index (χ1v) is 10.8. The fourth-order valence-corrected chi connectivity index (χ4v) is 4.02. The van der Waals surface area contributed by atoms with Crippen LogP contribution < -0.4 is 16.2 Å². The number of nitrogens with one attached hydrogen (secondary N) is 3. The van der Waals surface area contributed by atoms with Crippen LogP contribution in [-0.4, -0.2) is 38.7 Å². The highest BCUT2D eigenvalue weighted by atomic mass is 35.5. The highest BCUT2D eigenvalue weighted by molar-refractivity contribution is 6.29. The third kappa shape index (κ3) is 5.32. The van der Waals surface area contributed by atoms with Crippen molar-refractivity contribution in [3.8, 4) is 0 Å². The van der Waals surface area contributed by atoms with Gasteiger partial charge in [-0.3, -0.25) is 19.3 Å². The summed E-state index contributed by atoms with van der Waals surface area (Å²) in [5, 5.41) is 13.2. The third-order valence-corrected chi connectivity index (χ3v) is 5.86. The van der Waals surface area contributed by atoms with E-state index in [9.17, 15) is 9.59 Å². The molecule has 31 heavy (non-hydrogen) atoms. The summed E-state index contributed by atoms with van der Waals surface area (Å²) in [5.41, 5.74) is 3.15. The largest absolute Gasteiger partial charge is 0.365 e. The highest BCUT2D eigenvalue weighted by Crippen LogP contribution is 2.23. The van der Waals surface area contributed by atoms with Crippen LogP contribution in [0.15, 0.2) is 47.5 Å². The molecule has 2 heterocycles. The molecule has 4 rings (SSSR count). The summed E-state index contributed by atoms with van der Waals surface area (Å²) in [6.07, 6.45) is 6.81. The van der Waals surface area contributed by atoms with Gasteiger partial charge in [0.25, 0.3) is 5.56 Å². The van der Waals surface area contributed by atoms with Gasteiger partial charge in [0.05, 0.1) is 12.4 Å². The van der Waals surface area contributed by atoms with Crippen molar-refractivity contribution in [3.05, 3.63) is 75.1 Å². The van der Waals surface area contributed by atoms with Crippen molar-refractivity contribution < 1.29 is 4.79 Å². The molecule has 1 unspecified atom stereocenters. The Morgan fingerprint density at radius 1 is 1.26 bits per heavy atom. The number of halogens is 1. The Kier molecular flexibility index (Phi) is 6.66. The number of aromatic nitrogens is 4. The first kappa shape index (κ1) is 21.1. The van der Waals surface area contributed by atoms with Gasteiger partial charge < -0.3 is 10.6 Å². The van der Waals surface area contributed by atoms with Crippen molar-refractivity contribution in [1.29, 1.82) is 0 Å². The van der Waals surface area contributed by atoms with Crippen molar-refractivity contribution in [2.45, 2.75) is 32.2 Å². The minimum Gasteiger partial charge on any atom is -0.365 e. The summed E-state index contributed by atoms with van der Waals surface area (Å²) in [5.74, 6) is 0.297. The zero-order valence-corrected chi connectivity index (χ0v) is 17.9. The quantitative estimate of drug-likeness (QED) is 0.498.